The fourth-order valence-corrected chi connectivity index (χ4v) is 2.09. The number of hydrogen-bond acceptors (Lipinski definition) is 2. The molecule has 0 atom stereocenters. The van der Waals surface area contributed by atoms with Crippen molar-refractivity contribution in [3.63, 3.8) is 0 Å². The summed E-state index contributed by atoms with van der Waals surface area (Å²) < 4.78 is 2.01. The minimum Gasteiger partial charge on any atom is -0.338 e. The lowest BCUT2D eigenvalue weighted by molar-refractivity contribution is 0.252. The number of rotatable bonds is 6. The molecule has 7 heteroatoms. The van der Waals surface area contributed by atoms with Gasteiger partial charge in [0.2, 0.25) is 0 Å². The number of carbonyl (C=O) groups excluding carboxylic acids is 1. The Morgan fingerprint density at radius 1 is 1.24 bits per heavy atom. The lowest BCUT2D eigenvalue weighted by atomic mass is 10.3. The van der Waals surface area contributed by atoms with Crippen LogP contribution in [0.3, 0.4) is 0 Å². The molecule has 1 heterocycles. The Labute approximate surface area is 133 Å². The molecular formula is C14H16Cl2N4O. The highest BCUT2D eigenvalue weighted by Gasteiger charge is 2.03. The predicted octanol–water partition coefficient (Wildman–Crippen LogP) is 3.79. The lowest BCUT2D eigenvalue weighted by Crippen LogP contribution is -2.29. The number of imidazole rings is 1. The Hall–Kier alpha value is -1.72. The maximum Gasteiger partial charge on any atom is 0.319 e. The third-order valence-electron chi connectivity index (χ3n) is 2.87. The van der Waals surface area contributed by atoms with Gasteiger partial charge < -0.3 is 15.2 Å². The van der Waals surface area contributed by atoms with Gasteiger partial charge in [0.1, 0.15) is 0 Å². The number of anilines is 1. The fraction of sp³-hybridized carbons (Fsp3) is 0.286. The van der Waals surface area contributed by atoms with Crippen molar-refractivity contribution in [3.8, 4) is 0 Å². The smallest absolute Gasteiger partial charge is 0.319 e. The highest BCUT2D eigenvalue weighted by molar-refractivity contribution is 6.42. The van der Waals surface area contributed by atoms with Gasteiger partial charge in [-0.1, -0.05) is 23.2 Å². The van der Waals surface area contributed by atoms with E-state index in [0.717, 1.165) is 19.4 Å². The molecule has 0 saturated heterocycles. The number of nitrogens with one attached hydrogen (secondary N) is 2. The van der Waals surface area contributed by atoms with Crippen LogP contribution in [0, 0.1) is 0 Å². The van der Waals surface area contributed by atoms with Gasteiger partial charge in [-0.3, -0.25) is 0 Å². The molecule has 1 aromatic carbocycles. The monoisotopic (exact) mass is 326 g/mol. The van der Waals surface area contributed by atoms with Crippen molar-refractivity contribution in [2.75, 3.05) is 11.9 Å². The third-order valence-corrected chi connectivity index (χ3v) is 3.60. The minimum absolute atomic E-state index is 0.254. The molecule has 0 fully saturated rings. The predicted molar refractivity (Wildman–Crippen MR) is 84.9 cm³/mol. The fourth-order valence-electron chi connectivity index (χ4n) is 1.79. The number of hydrogen-bond donors (Lipinski definition) is 2. The topological polar surface area (TPSA) is 59.0 Å². The second-order valence-corrected chi connectivity index (χ2v) is 5.33. The van der Waals surface area contributed by atoms with E-state index < -0.39 is 0 Å². The van der Waals surface area contributed by atoms with E-state index in [0.29, 0.717) is 22.3 Å². The number of carbonyl (C=O) groups is 1. The number of halogens is 2. The van der Waals surface area contributed by atoms with Crippen LogP contribution in [-0.4, -0.2) is 22.1 Å². The molecule has 1 aromatic heterocycles. The van der Waals surface area contributed by atoms with Gasteiger partial charge in [-0.25, -0.2) is 9.78 Å². The zero-order valence-corrected chi connectivity index (χ0v) is 12.9. The van der Waals surface area contributed by atoms with Crippen molar-refractivity contribution in [1.82, 2.24) is 14.9 Å². The summed E-state index contributed by atoms with van der Waals surface area (Å²) >= 11 is 11.7. The van der Waals surface area contributed by atoms with Gasteiger partial charge in [-0.05, 0) is 31.0 Å². The average molecular weight is 327 g/mol. The van der Waals surface area contributed by atoms with Crippen molar-refractivity contribution in [3.05, 3.63) is 47.0 Å². The first-order valence-corrected chi connectivity index (χ1v) is 7.36. The average Bonchev–Trinajstić information content (AvgIpc) is 2.96. The molecule has 0 aliphatic rings. The Balaban J connectivity index is 1.64. The van der Waals surface area contributed by atoms with E-state index in [2.05, 4.69) is 15.6 Å². The van der Waals surface area contributed by atoms with Crippen LogP contribution in [0.1, 0.15) is 12.8 Å². The summed E-state index contributed by atoms with van der Waals surface area (Å²) in [5.74, 6) is 0. The lowest BCUT2D eigenvalue weighted by Gasteiger charge is -2.08. The van der Waals surface area contributed by atoms with Gasteiger partial charge in [0.15, 0.2) is 0 Å². The number of nitrogens with zero attached hydrogens (tertiary/aromatic N) is 2. The first-order valence-electron chi connectivity index (χ1n) is 6.61. The van der Waals surface area contributed by atoms with Gasteiger partial charge >= 0.3 is 6.03 Å². The van der Waals surface area contributed by atoms with E-state index in [9.17, 15) is 4.79 Å². The molecular weight excluding hydrogens is 311 g/mol. The van der Waals surface area contributed by atoms with E-state index >= 15 is 0 Å². The van der Waals surface area contributed by atoms with Crippen molar-refractivity contribution >= 4 is 34.9 Å². The molecule has 2 N–H and O–H groups in total. The largest absolute Gasteiger partial charge is 0.338 e. The Kier molecular flexibility index (Phi) is 5.90. The number of unbranched alkanes of at least 4 members (excludes halogenated alkanes) is 1. The molecule has 2 aromatic rings. The van der Waals surface area contributed by atoms with Crippen LogP contribution in [0.2, 0.25) is 10.0 Å². The summed E-state index contributed by atoms with van der Waals surface area (Å²) in [5.41, 5.74) is 0.611. The third kappa shape index (κ3) is 5.28. The van der Waals surface area contributed by atoms with Gasteiger partial charge in [0, 0.05) is 31.2 Å². The summed E-state index contributed by atoms with van der Waals surface area (Å²) in [6, 6.07) is 4.70. The van der Waals surface area contributed by atoms with Crippen LogP contribution in [0.25, 0.3) is 0 Å². The van der Waals surface area contributed by atoms with Crippen molar-refractivity contribution in [2.45, 2.75) is 19.4 Å². The summed E-state index contributed by atoms with van der Waals surface area (Å²) in [6.45, 7) is 1.51. The molecule has 2 rings (SSSR count). The highest BCUT2D eigenvalue weighted by atomic mass is 35.5. The number of urea groups is 1. The van der Waals surface area contributed by atoms with E-state index in [1.54, 1.807) is 30.7 Å². The zero-order chi connectivity index (χ0) is 15.1. The number of aromatic nitrogens is 2. The number of amides is 2. The Bertz CT molecular complexity index is 587. The minimum atomic E-state index is -0.254. The molecule has 21 heavy (non-hydrogen) atoms. The zero-order valence-electron chi connectivity index (χ0n) is 11.4. The quantitative estimate of drug-likeness (QED) is 0.793. The Morgan fingerprint density at radius 2 is 2.10 bits per heavy atom. The highest BCUT2D eigenvalue weighted by Crippen LogP contribution is 2.24. The number of benzene rings is 1. The van der Waals surface area contributed by atoms with Gasteiger partial charge in [0.25, 0.3) is 0 Å². The summed E-state index contributed by atoms with van der Waals surface area (Å²) in [7, 11) is 0. The first-order chi connectivity index (χ1) is 10.1. The second-order valence-electron chi connectivity index (χ2n) is 4.52. The van der Waals surface area contributed by atoms with E-state index in [-0.39, 0.29) is 6.03 Å². The normalized spacial score (nSPS) is 10.4. The molecule has 0 aliphatic carbocycles. The van der Waals surface area contributed by atoms with Crippen LogP contribution < -0.4 is 10.6 Å². The molecule has 2 amide bonds. The Morgan fingerprint density at radius 3 is 2.81 bits per heavy atom. The van der Waals surface area contributed by atoms with Crippen LogP contribution in [0.15, 0.2) is 36.9 Å². The maximum atomic E-state index is 11.7. The standard InChI is InChI=1S/C14H16Cl2N4O/c15-12-4-3-11(9-13(12)16)19-14(21)18-5-1-2-7-20-8-6-17-10-20/h3-4,6,8-10H,1-2,5,7H2,(H2,18,19,21). The molecule has 0 spiro atoms. The van der Waals surface area contributed by atoms with Crippen molar-refractivity contribution in [1.29, 1.82) is 0 Å². The molecule has 0 unspecified atom stereocenters. The molecule has 0 saturated carbocycles. The second kappa shape index (κ2) is 7.90. The summed E-state index contributed by atoms with van der Waals surface area (Å²) in [5, 5.41) is 6.37. The van der Waals surface area contributed by atoms with Crippen LogP contribution in [0.4, 0.5) is 10.5 Å². The molecule has 0 aliphatic heterocycles. The van der Waals surface area contributed by atoms with Gasteiger partial charge in [-0.2, -0.15) is 0 Å². The molecule has 0 bridgehead atoms. The van der Waals surface area contributed by atoms with E-state index in [1.807, 2.05) is 10.8 Å². The van der Waals surface area contributed by atoms with Gasteiger partial charge in [-0.15, -0.1) is 0 Å². The van der Waals surface area contributed by atoms with Crippen LogP contribution in [0.5, 0.6) is 0 Å². The summed E-state index contributed by atoms with van der Waals surface area (Å²) in [4.78, 5) is 15.7. The number of aryl methyl sites for hydroxylation is 1. The van der Waals surface area contributed by atoms with Crippen LogP contribution in [-0.2, 0) is 6.54 Å². The van der Waals surface area contributed by atoms with Crippen molar-refractivity contribution in [2.24, 2.45) is 0 Å². The molecule has 112 valence electrons. The molecule has 0 radical (unpaired) electrons. The summed E-state index contributed by atoms with van der Waals surface area (Å²) in [6.07, 6.45) is 7.33. The SMILES string of the molecule is O=C(NCCCCn1ccnc1)Nc1ccc(Cl)c(Cl)c1. The van der Waals surface area contributed by atoms with E-state index in [1.165, 1.54) is 0 Å². The van der Waals surface area contributed by atoms with Crippen LogP contribution >= 0.6 is 23.2 Å². The van der Waals surface area contributed by atoms with Gasteiger partial charge in [0.05, 0.1) is 16.4 Å². The van der Waals surface area contributed by atoms with E-state index in [4.69, 9.17) is 23.2 Å². The van der Waals surface area contributed by atoms with Crippen molar-refractivity contribution < 1.29 is 4.79 Å². The maximum absolute atomic E-state index is 11.7. The first kappa shape index (κ1) is 15.7. The molecule has 5 nitrogen and oxygen atoms in total.